The molecule has 0 radical (unpaired) electrons. The van der Waals surface area contributed by atoms with Gasteiger partial charge in [0.05, 0.1) is 0 Å². The Hall–Kier alpha value is -0.600. The average Bonchev–Trinajstić information content (AvgIpc) is 2.58. The van der Waals surface area contributed by atoms with Gasteiger partial charge < -0.3 is 5.32 Å². The highest BCUT2D eigenvalue weighted by Gasteiger charge is 2.16. The van der Waals surface area contributed by atoms with Gasteiger partial charge in [0, 0.05) is 25.7 Å². The third-order valence-electron chi connectivity index (χ3n) is 2.42. The molecule has 2 heteroatoms. The van der Waals surface area contributed by atoms with Crippen LogP contribution in [0.15, 0.2) is 25.3 Å². The van der Waals surface area contributed by atoms with Gasteiger partial charge in [0.2, 0.25) is 0 Å². The van der Waals surface area contributed by atoms with E-state index in [-0.39, 0.29) is 0 Å². The summed E-state index contributed by atoms with van der Waals surface area (Å²) in [6.07, 6.45) is 6.54. The Morgan fingerprint density at radius 3 is 2.46 bits per heavy atom. The average molecular weight is 180 g/mol. The van der Waals surface area contributed by atoms with E-state index in [0.717, 1.165) is 19.6 Å². The van der Waals surface area contributed by atoms with E-state index in [0.29, 0.717) is 6.04 Å². The van der Waals surface area contributed by atoms with Crippen LogP contribution in [0.4, 0.5) is 0 Å². The Morgan fingerprint density at radius 1 is 1.31 bits per heavy atom. The normalized spacial score (nSPS) is 22.1. The molecule has 2 nitrogen and oxygen atoms in total. The molecule has 74 valence electrons. The topological polar surface area (TPSA) is 15.3 Å². The largest absolute Gasteiger partial charge is 0.313 e. The quantitative estimate of drug-likeness (QED) is 0.622. The summed E-state index contributed by atoms with van der Waals surface area (Å²) >= 11 is 0. The van der Waals surface area contributed by atoms with Crippen LogP contribution in [-0.2, 0) is 0 Å². The molecule has 1 saturated heterocycles. The minimum absolute atomic E-state index is 0.680. The van der Waals surface area contributed by atoms with Crippen molar-refractivity contribution in [2.75, 3.05) is 26.2 Å². The second kappa shape index (κ2) is 5.95. The molecule has 1 atom stereocenters. The zero-order valence-corrected chi connectivity index (χ0v) is 8.34. The Balaban J connectivity index is 2.26. The van der Waals surface area contributed by atoms with Gasteiger partial charge >= 0.3 is 0 Å². The van der Waals surface area contributed by atoms with Gasteiger partial charge in [-0.2, -0.15) is 0 Å². The monoisotopic (exact) mass is 180 g/mol. The van der Waals surface area contributed by atoms with E-state index in [2.05, 4.69) is 23.4 Å². The minimum Gasteiger partial charge on any atom is -0.313 e. The highest BCUT2D eigenvalue weighted by atomic mass is 15.1. The van der Waals surface area contributed by atoms with Crippen LogP contribution in [0.3, 0.4) is 0 Å². The zero-order chi connectivity index (χ0) is 9.52. The third-order valence-corrected chi connectivity index (χ3v) is 2.42. The van der Waals surface area contributed by atoms with E-state index >= 15 is 0 Å². The van der Waals surface area contributed by atoms with Crippen LogP contribution in [0, 0.1) is 0 Å². The summed E-state index contributed by atoms with van der Waals surface area (Å²) in [5, 5.41) is 3.49. The summed E-state index contributed by atoms with van der Waals surface area (Å²) in [5.41, 5.74) is 0. The smallest absolute Gasteiger partial charge is 0.0195 e. The molecule has 0 amide bonds. The maximum absolute atomic E-state index is 3.76. The summed E-state index contributed by atoms with van der Waals surface area (Å²) in [5.74, 6) is 0. The van der Waals surface area contributed by atoms with Gasteiger partial charge in [-0.25, -0.2) is 0 Å². The molecule has 1 aliphatic heterocycles. The van der Waals surface area contributed by atoms with Crippen molar-refractivity contribution in [2.24, 2.45) is 0 Å². The zero-order valence-electron chi connectivity index (χ0n) is 8.34. The van der Waals surface area contributed by atoms with Crippen LogP contribution in [-0.4, -0.2) is 37.1 Å². The standard InChI is InChI=1S/C11H20N2/c1-3-8-13(9-4-2)10-11-6-5-7-12-11/h3-4,11-12H,1-2,5-10H2/t11-/m0/s1. The van der Waals surface area contributed by atoms with Gasteiger partial charge in [0.25, 0.3) is 0 Å². The Labute approximate surface area is 81.3 Å². The minimum atomic E-state index is 0.680. The molecule has 0 saturated carbocycles. The molecule has 1 aliphatic rings. The van der Waals surface area contributed by atoms with Gasteiger partial charge in [-0.3, -0.25) is 4.90 Å². The molecule has 1 fully saturated rings. The van der Waals surface area contributed by atoms with Crippen LogP contribution < -0.4 is 5.32 Å². The van der Waals surface area contributed by atoms with E-state index < -0.39 is 0 Å². The number of nitrogens with zero attached hydrogens (tertiary/aromatic N) is 1. The predicted molar refractivity (Wildman–Crippen MR) is 57.9 cm³/mol. The van der Waals surface area contributed by atoms with Gasteiger partial charge in [-0.05, 0) is 19.4 Å². The Morgan fingerprint density at radius 2 is 2.00 bits per heavy atom. The van der Waals surface area contributed by atoms with Crippen molar-refractivity contribution in [3.63, 3.8) is 0 Å². The lowest BCUT2D eigenvalue weighted by atomic mass is 10.2. The molecule has 0 aliphatic carbocycles. The molecular formula is C11H20N2. The molecule has 0 aromatic rings. The lowest BCUT2D eigenvalue weighted by Gasteiger charge is -2.22. The van der Waals surface area contributed by atoms with Gasteiger partial charge in [-0.1, -0.05) is 12.2 Å². The molecule has 1 heterocycles. The summed E-state index contributed by atoms with van der Waals surface area (Å²) < 4.78 is 0. The lowest BCUT2D eigenvalue weighted by Crippen LogP contribution is -2.37. The van der Waals surface area contributed by atoms with Crippen LogP contribution in [0.1, 0.15) is 12.8 Å². The van der Waals surface area contributed by atoms with Gasteiger partial charge in [-0.15, -0.1) is 13.2 Å². The first-order chi connectivity index (χ1) is 6.36. The molecule has 0 aromatic heterocycles. The highest BCUT2D eigenvalue weighted by molar-refractivity contribution is 4.84. The maximum atomic E-state index is 3.76. The van der Waals surface area contributed by atoms with Crippen LogP contribution in [0.2, 0.25) is 0 Å². The van der Waals surface area contributed by atoms with E-state index in [1.54, 1.807) is 0 Å². The molecule has 0 unspecified atom stereocenters. The van der Waals surface area contributed by atoms with Crippen LogP contribution in [0.5, 0.6) is 0 Å². The maximum Gasteiger partial charge on any atom is 0.0195 e. The fraction of sp³-hybridized carbons (Fsp3) is 0.636. The summed E-state index contributed by atoms with van der Waals surface area (Å²) in [7, 11) is 0. The third kappa shape index (κ3) is 3.75. The molecule has 0 bridgehead atoms. The van der Waals surface area contributed by atoms with E-state index in [1.807, 2.05) is 12.2 Å². The highest BCUT2D eigenvalue weighted by Crippen LogP contribution is 2.06. The predicted octanol–water partition coefficient (Wildman–Crippen LogP) is 1.41. The first-order valence-electron chi connectivity index (χ1n) is 5.04. The number of hydrogen-bond acceptors (Lipinski definition) is 2. The van der Waals surface area contributed by atoms with E-state index in [1.165, 1.54) is 19.4 Å². The van der Waals surface area contributed by atoms with Crippen molar-refractivity contribution < 1.29 is 0 Å². The van der Waals surface area contributed by atoms with Crippen molar-refractivity contribution >= 4 is 0 Å². The first-order valence-corrected chi connectivity index (χ1v) is 5.04. The van der Waals surface area contributed by atoms with Crippen molar-refractivity contribution in [1.82, 2.24) is 10.2 Å². The molecule has 1 rings (SSSR count). The van der Waals surface area contributed by atoms with Crippen LogP contribution >= 0.6 is 0 Å². The van der Waals surface area contributed by atoms with Crippen molar-refractivity contribution in [1.29, 1.82) is 0 Å². The first kappa shape index (κ1) is 10.5. The number of hydrogen-bond donors (Lipinski definition) is 1. The molecule has 13 heavy (non-hydrogen) atoms. The summed E-state index contributed by atoms with van der Waals surface area (Å²) in [6.45, 7) is 11.8. The molecular weight excluding hydrogens is 160 g/mol. The van der Waals surface area contributed by atoms with Crippen LogP contribution in [0.25, 0.3) is 0 Å². The second-order valence-corrected chi connectivity index (χ2v) is 3.59. The Kier molecular flexibility index (Phi) is 4.79. The van der Waals surface area contributed by atoms with Crippen molar-refractivity contribution in [3.05, 3.63) is 25.3 Å². The van der Waals surface area contributed by atoms with E-state index in [4.69, 9.17) is 0 Å². The lowest BCUT2D eigenvalue weighted by molar-refractivity contribution is 0.300. The molecule has 1 N–H and O–H groups in total. The van der Waals surface area contributed by atoms with Crippen molar-refractivity contribution in [3.8, 4) is 0 Å². The van der Waals surface area contributed by atoms with Gasteiger partial charge in [0.1, 0.15) is 0 Å². The fourth-order valence-corrected chi connectivity index (χ4v) is 1.81. The summed E-state index contributed by atoms with van der Waals surface area (Å²) in [6, 6.07) is 0.680. The Bertz CT molecular complexity index is 149. The number of nitrogens with one attached hydrogen (secondary N) is 1. The number of rotatable bonds is 6. The molecule has 0 aromatic carbocycles. The molecule has 0 spiro atoms. The second-order valence-electron chi connectivity index (χ2n) is 3.59. The van der Waals surface area contributed by atoms with Crippen molar-refractivity contribution in [2.45, 2.75) is 18.9 Å². The summed E-state index contributed by atoms with van der Waals surface area (Å²) in [4.78, 5) is 2.36. The van der Waals surface area contributed by atoms with E-state index in [9.17, 15) is 0 Å². The van der Waals surface area contributed by atoms with Gasteiger partial charge in [0.15, 0.2) is 0 Å². The fourth-order valence-electron chi connectivity index (χ4n) is 1.81. The SMILES string of the molecule is C=CCN(CC=C)C[C@@H]1CCCN1.